The Hall–Kier alpha value is -2.05. The molecular formula is C14H13N3O2S. The number of hydrogen-bond donors (Lipinski definition) is 1. The van der Waals surface area contributed by atoms with Crippen molar-refractivity contribution >= 4 is 22.2 Å². The fraction of sp³-hybridized carbons (Fsp3) is 0.214. The quantitative estimate of drug-likeness (QED) is 0.802. The summed E-state index contributed by atoms with van der Waals surface area (Å²) in [6.07, 6.45) is 2.83. The summed E-state index contributed by atoms with van der Waals surface area (Å²) in [5, 5.41) is 21.7. The van der Waals surface area contributed by atoms with Gasteiger partial charge in [0.2, 0.25) is 0 Å². The molecule has 0 amide bonds. The first-order valence-electron chi connectivity index (χ1n) is 6.12. The Labute approximate surface area is 119 Å². The van der Waals surface area contributed by atoms with Crippen molar-refractivity contribution in [2.24, 2.45) is 0 Å². The van der Waals surface area contributed by atoms with E-state index in [-0.39, 0.29) is 0 Å². The third kappa shape index (κ3) is 2.13. The van der Waals surface area contributed by atoms with E-state index >= 15 is 0 Å². The molecule has 0 aliphatic heterocycles. The van der Waals surface area contributed by atoms with Crippen LogP contribution in [0.2, 0.25) is 0 Å². The molecule has 0 spiro atoms. The predicted molar refractivity (Wildman–Crippen MR) is 77.8 cm³/mol. The number of aliphatic hydroxyl groups excluding tert-OH is 1. The lowest BCUT2D eigenvalue weighted by Gasteiger charge is -2.13. The van der Waals surface area contributed by atoms with E-state index in [0.29, 0.717) is 5.75 Å². The molecule has 1 unspecified atom stereocenters. The molecule has 3 rings (SSSR count). The summed E-state index contributed by atoms with van der Waals surface area (Å²) >= 11 is 1.54. The summed E-state index contributed by atoms with van der Waals surface area (Å²) in [6, 6.07) is 3.69. The first-order valence-corrected chi connectivity index (χ1v) is 7.00. The zero-order valence-electron chi connectivity index (χ0n) is 11.1. The molecule has 20 heavy (non-hydrogen) atoms. The second-order valence-electron chi connectivity index (χ2n) is 4.38. The van der Waals surface area contributed by atoms with Gasteiger partial charge >= 0.3 is 0 Å². The fourth-order valence-electron chi connectivity index (χ4n) is 2.13. The highest BCUT2D eigenvalue weighted by Crippen LogP contribution is 2.34. The molecule has 2 aromatic heterocycles. The predicted octanol–water partition coefficient (Wildman–Crippen LogP) is 2.82. The highest BCUT2D eigenvalue weighted by atomic mass is 32.1. The molecule has 0 fully saturated rings. The van der Waals surface area contributed by atoms with E-state index in [1.807, 2.05) is 11.4 Å². The van der Waals surface area contributed by atoms with E-state index in [1.54, 1.807) is 43.8 Å². The first-order chi connectivity index (χ1) is 9.70. The lowest BCUT2D eigenvalue weighted by atomic mass is 10.0. The number of aromatic nitrogens is 3. The van der Waals surface area contributed by atoms with Crippen LogP contribution in [0.25, 0.3) is 21.5 Å². The number of ether oxygens (including phenoxy) is 1. The van der Waals surface area contributed by atoms with Gasteiger partial charge in [-0.1, -0.05) is 0 Å². The molecule has 0 saturated heterocycles. The maximum Gasteiger partial charge on any atom is 0.126 e. The molecular weight excluding hydrogens is 274 g/mol. The third-order valence-electron chi connectivity index (χ3n) is 3.10. The zero-order chi connectivity index (χ0) is 14.1. The van der Waals surface area contributed by atoms with Crippen molar-refractivity contribution in [3.05, 3.63) is 35.5 Å². The minimum absolute atomic E-state index is 0.609. The number of benzene rings is 1. The van der Waals surface area contributed by atoms with Crippen molar-refractivity contribution in [2.45, 2.75) is 13.0 Å². The zero-order valence-corrected chi connectivity index (χ0v) is 11.9. The Morgan fingerprint density at radius 3 is 2.85 bits per heavy atom. The van der Waals surface area contributed by atoms with Crippen LogP contribution in [0.1, 0.15) is 18.6 Å². The number of fused-ring (bicyclic) bond motifs is 1. The smallest absolute Gasteiger partial charge is 0.126 e. The fourth-order valence-corrected chi connectivity index (χ4v) is 2.79. The van der Waals surface area contributed by atoms with Gasteiger partial charge in [-0.15, -0.1) is 11.3 Å². The van der Waals surface area contributed by atoms with E-state index in [2.05, 4.69) is 15.2 Å². The molecule has 1 aromatic carbocycles. The van der Waals surface area contributed by atoms with Crippen LogP contribution in [0.15, 0.2) is 29.9 Å². The van der Waals surface area contributed by atoms with Crippen molar-refractivity contribution in [1.82, 2.24) is 15.2 Å². The molecule has 6 heteroatoms. The monoisotopic (exact) mass is 287 g/mol. The van der Waals surface area contributed by atoms with Gasteiger partial charge in [0, 0.05) is 34.2 Å². The summed E-state index contributed by atoms with van der Waals surface area (Å²) in [7, 11) is 1.57. The molecule has 102 valence electrons. The van der Waals surface area contributed by atoms with Crippen LogP contribution >= 0.6 is 11.3 Å². The van der Waals surface area contributed by atoms with E-state index in [1.165, 1.54) is 0 Å². The standard InChI is InChI=1S/C14H13N3O2S/c1-8(18)9-5-10-11(14-15-3-4-20-14)7-16-17-12(10)6-13(9)19-2/h3-8,18H,1-2H3. The Kier molecular flexibility index (Phi) is 3.33. The summed E-state index contributed by atoms with van der Waals surface area (Å²) < 4.78 is 5.30. The van der Waals surface area contributed by atoms with Gasteiger partial charge in [-0.3, -0.25) is 0 Å². The number of methoxy groups -OCH3 is 1. The number of aliphatic hydroxyl groups is 1. The van der Waals surface area contributed by atoms with Gasteiger partial charge in [0.05, 0.1) is 24.9 Å². The largest absolute Gasteiger partial charge is 0.496 e. The number of rotatable bonds is 3. The lowest BCUT2D eigenvalue weighted by Crippen LogP contribution is -1.98. The Bertz CT molecular complexity index is 742. The summed E-state index contributed by atoms with van der Waals surface area (Å²) in [4.78, 5) is 4.31. The molecule has 5 nitrogen and oxygen atoms in total. The SMILES string of the molecule is COc1cc2nncc(-c3nccs3)c2cc1C(C)O. The van der Waals surface area contributed by atoms with Gasteiger partial charge in [0.15, 0.2) is 0 Å². The van der Waals surface area contributed by atoms with Gasteiger partial charge < -0.3 is 9.84 Å². The Morgan fingerprint density at radius 1 is 1.35 bits per heavy atom. The molecule has 1 atom stereocenters. The van der Waals surface area contributed by atoms with Gasteiger partial charge in [-0.2, -0.15) is 10.2 Å². The Balaban J connectivity index is 2.31. The highest BCUT2D eigenvalue weighted by Gasteiger charge is 2.15. The molecule has 0 saturated carbocycles. The number of hydrogen-bond acceptors (Lipinski definition) is 6. The van der Waals surface area contributed by atoms with E-state index in [0.717, 1.165) is 27.0 Å². The maximum atomic E-state index is 9.89. The summed E-state index contributed by atoms with van der Waals surface area (Å²) in [5.41, 5.74) is 2.36. The molecule has 2 heterocycles. The molecule has 1 N–H and O–H groups in total. The van der Waals surface area contributed by atoms with Crippen LogP contribution in [0.4, 0.5) is 0 Å². The number of nitrogens with zero attached hydrogens (tertiary/aromatic N) is 3. The normalized spacial score (nSPS) is 12.6. The van der Waals surface area contributed by atoms with Crippen molar-refractivity contribution in [1.29, 1.82) is 0 Å². The van der Waals surface area contributed by atoms with Gasteiger partial charge in [-0.25, -0.2) is 4.98 Å². The highest BCUT2D eigenvalue weighted by molar-refractivity contribution is 7.13. The third-order valence-corrected chi connectivity index (χ3v) is 3.91. The summed E-state index contributed by atoms with van der Waals surface area (Å²) in [6.45, 7) is 1.71. The molecule has 0 radical (unpaired) electrons. The van der Waals surface area contributed by atoms with E-state index in [9.17, 15) is 5.11 Å². The second-order valence-corrected chi connectivity index (χ2v) is 5.28. The first kappa shape index (κ1) is 13.0. The minimum Gasteiger partial charge on any atom is -0.496 e. The molecule has 3 aromatic rings. The average molecular weight is 287 g/mol. The molecule has 0 aliphatic carbocycles. The molecule has 0 aliphatic rings. The van der Waals surface area contributed by atoms with Crippen LogP contribution in [-0.2, 0) is 0 Å². The minimum atomic E-state index is -0.619. The topological polar surface area (TPSA) is 68.1 Å². The van der Waals surface area contributed by atoms with Crippen LogP contribution in [0.5, 0.6) is 5.75 Å². The second kappa shape index (κ2) is 5.15. The Morgan fingerprint density at radius 2 is 2.20 bits per heavy atom. The van der Waals surface area contributed by atoms with Gasteiger partial charge in [0.25, 0.3) is 0 Å². The van der Waals surface area contributed by atoms with Crippen molar-refractivity contribution in [3.63, 3.8) is 0 Å². The van der Waals surface area contributed by atoms with E-state index in [4.69, 9.17) is 4.74 Å². The number of thiazole rings is 1. The van der Waals surface area contributed by atoms with Crippen LogP contribution < -0.4 is 4.74 Å². The van der Waals surface area contributed by atoms with Crippen molar-refractivity contribution in [3.8, 4) is 16.3 Å². The van der Waals surface area contributed by atoms with Crippen LogP contribution in [0.3, 0.4) is 0 Å². The average Bonchev–Trinajstić information content (AvgIpc) is 2.99. The lowest BCUT2D eigenvalue weighted by molar-refractivity contribution is 0.194. The van der Waals surface area contributed by atoms with Gasteiger partial charge in [-0.05, 0) is 13.0 Å². The van der Waals surface area contributed by atoms with E-state index < -0.39 is 6.10 Å². The maximum absolute atomic E-state index is 9.89. The summed E-state index contributed by atoms with van der Waals surface area (Å²) in [5.74, 6) is 0.609. The van der Waals surface area contributed by atoms with Crippen molar-refractivity contribution < 1.29 is 9.84 Å². The van der Waals surface area contributed by atoms with Crippen molar-refractivity contribution in [2.75, 3.05) is 7.11 Å². The van der Waals surface area contributed by atoms with Crippen LogP contribution in [-0.4, -0.2) is 27.4 Å². The molecule has 0 bridgehead atoms. The van der Waals surface area contributed by atoms with Crippen LogP contribution in [0, 0.1) is 0 Å². The van der Waals surface area contributed by atoms with Gasteiger partial charge in [0.1, 0.15) is 10.8 Å².